The first-order valence-corrected chi connectivity index (χ1v) is 5.47. The fraction of sp³-hybridized carbons (Fsp3) is 0.300. The topological polar surface area (TPSA) is 52.3 Å². The highest BCUT2D eigenvalue weighted by Gasteiger charge is 2.44. The van der Waals surface area contributed by atoms with Gasteiger partial charge in [-0.2, -0.15) is 13.2 Å². The van der Waals surface area contributed by atoms with E-state index in [0.717, 1.165) is 0 Å². The van der Waals surface area contributed by atoms with E-state index in [0.29, 0.717) is 0 Å². The van der Waals surface area contributed by atoms with Crippen LogP contribution in [0, 0.1) is 0 Å². The molecule has 7 heteroatoms. The average molecular weight is 312 g/mol. The lowest BCUT2D eigenvalue weighted by Crippen LogP contribution is -2.48. The molecule has 0 aromatic heterocycles. The number of halogens is 4. The number of para-hydroxylation sites is 1. The fourth-order valence-corrected chi connectivity index (χ4v) is 1.37. The predicted molar refractivity (Wildman–Crippen MR) is 58.8 cm³/mol. The molecule has 0 heterocycles. The number of hydrogen-bond acceptors (Lipinski definition) is 3. The van der Waals surface area contributed by atoms with Crippen LogP contribution in [0.1, 0.15) is 0 Å². The summed E-state index contributed by atoms with van der Waals surface area (Å²) in [7, 11) is 0. The van der Waals surface area contributed by atoms with Crippen LogP contribution in [0.15, 0.2) is 30.3 Å². The maximum atomic E-state index is 12.2. The van der Waals surface area contributed by atoms with Gasteiger partial charge in [0.1, 0.15) is 16.6 Å². The molecule has 0 aliphatic carbocycles. The Balaban J connectivity index is 2.65. The lowest BCUT2D eigenvalue weighted by Gasteiger charge is -2.19. The Labute approximate surface area is 104 Å². The van der Waals surface area contributed by atoms with E-state index >= 15 is 0 Å². The highest BCUT2D eigenvalue weighted by Crippen LogP contribution is 2.25. The Morgan fingerprint density at radius 1 is 1.29 bits per heavy atom. The minimum atomic E-state index is -4.66. The summed E-state index contributed by atoms with van der Waals surface area (Å²) >= 11 is 2.58. The van der Waals surface area contributed by atoms with E-state index in [-0.39, 0.29) is 5.75 Å². The van der Waals surface area contributed by atoms with E-state index in [4.69, 9.17) is 10.5 Å². The van der Waals surface area contributed by atoms with Gasteiger partial charge in [-0.05, 0) is 12.1 Å². The number of benzene rings is 1. The van der Waals surface area contributed by atoms with Crippen molar-refractivity contribution in [1.82, 2.24) is 0 Å². The monoisotopic (exact) mass is 311 g/mol. The predicted octanol–water partition coefficient (Wildman–Crippen LogP) is 2.25. The maximum absolute atomic E-state index is 12.2. The minimum absolute atomic E-state index is 0.163. The summed E-state index contributed by atoms with van der Waals surface area (Å²) in [5, 5.41) is 0. The fourth-order valence-electron chi connectivity index (χ4n) is 0.974. The third-order valence-corrected chi connectivity index (χ3v) is 2.82. The first-order valence-electron chi connectivity index (χ1n) is 4.55. The van der Waals surface area contributed by atoms with Gasteiger partial charge in [0.15, 0.2) is 0 Å². The van der Waals surface area contributed by atoms with E-state index in [2.05, 4.69) is 15.9 Å². The molecule has 0 saturated carbocycles. The van der Waals surface area contributed by atoms with Crippen molar-refractivity contribution >= 4 is 21.9 Å². The Morgan fingerprint density at radius 2 is 1.82 bits per heavy atom. The van der Waals surface area contributed by atoms with Crippen molar-refractivity contribution in [1.29, 1.82) is 0 Å². The van der Waals surface area contributed by atoms with Crippen LogP contribution >= 0.6 is 15.9 Å². The van der Waals surface area contributed by atoms with Crippen LogP contribution < -0.4 is 10.5 Å². The number of nitrogens with two attached hydrogens (primary N) is 1. The molecule has 1 rings (SSSR count). The number of rotatable bonds is 3. The summed E-state index contributed by atoms with van der Waals surface area (Å²) in [6.07, 6.45) is -4.66. The Hall–Kier alpha value is -1.08. The lowest BCUT2D eigenvalue weighted by molar-refractivity contribution is -0.157. The molecule has 1 aromatic rings. The van der Waals surface area contributed by atoms with Crippen molar-refractivity contribution in [3.05, 3.63) is 30.3 Å². The maximum Gasteiger partial charge on any atom is 0.405 e. The lowest BCUT2D eigenvalue weighted by atomic mass is 10.2. The van der Waals surface area contributed by atoms with Crippen LogP contribution in [0.4, 0.5) is 13.2 Å². The normalized spacial score (nSPS) is 15.1. The molecule has 0 radical (unpaired) electrons. The second-order valence-electron chi connectivity index (χ2n) is 3.20. The van der Waals surface area contributed by atoms with Gasteiger partial charge < -0.3 is 10.5 Å². The highest BCUT2D eigenvalue weighted by atomic mass is 79.9. The molecule has 0 fully saturated rings. The molecule has 0 aliphatic heterocycles. The Kier molecular flexibility index (Phi) is 4.53. The number of alkyl halides is 4. The molecule has 17 heavy (non-hydrogen) atoms. The Bertz CT molecular complexity index is 383. The molecule has 2 atom stereocenters. The second-order valence-corrected chi connectivity index (χ2v) is 4.19. The number of ether oxygens (including phenoxy) is 1. The summed E-state index contributed by atoms with van der Waals surface area (Å²) in [5.41, 5.74) is 4.88. The molecule has 2 N–H and O–H groups in total. The van der Waals surface area contributed by atoms with Crippen molar-refractivity contribution in [2.75, 3.05) is 0 Å². The van der Waals surface area contributed by atoms with E-state index in [9.17, 15) is 18.0 Å². The first kappa shape index (κ1) is 14.0. The molecular weight excluding hydrogens is 303 g/mol. The van der Waals surface area contributed by atoms with Crippen LogP contribution in [0.25, 0.3) is 0 Å². The van der Waals surface area contributed by atoms with Crippen LogP contribution in [0.2, 0.25) is 0 Å². The molecule has 0 bridgehead atoms. The van der Waals surface area contributed by atoms with Crippen LogP contribution in [0.3, 0.4) is 0 Å². The van der Waals surface area contributed by atoms with Gasteiger partial charge >= 0.3 is 12.1 Å². The molecule has 0 unspecified atom stereocenters. The van der Waals surface area contributed by atoms with Gasteiger partial charge in [-0.15, -0.1) is 0 Å². The van der Waals surface area contributed by atoms with Crippen molar-refractivity contribution in [3.63, 3.8) is 0 Å². The highest BCUT2D eigenvalue weighted by molar-refractivity contribution is 9.10. The number of hydrogen-bond donors (Lipinski definition) is 1. The van der Waals surface area contributed by atoms with Gasteiger partial charge in [-0.1, -0.05) is 34.1 Å². The number of carbonyl (C=O) groups is 1. The molecule has 1 aromatic carbocycles. The van der Waals surface area contributed by atoms with Crippen molar-refractivity contribution < 1.29 is 22.7 Å². The van der Waals surface area contributed by atoms with E-state index in [1.807, 2.05) is 0 Å². The van der Waals surface area contributed by atoms with Crippen molar-refractivity contribution in [2.45, 2.75) is 17.0 Å². The van der Waals surface area contributed by atoms with Gasteiger partial charge in [0.05, 0.1) is 0 Å². The van der Waals surface area contributed by atoms with Gasteiger partial charge in [0.2, 0.25) is 0 Å². The Morgan fingerprint density at radius 3 is 2.29 bits per heavy atom. The minimum Gasteiger partial charge on any atom is -0.426 e. The zero-order chi connectivity index (χ0) is 13.1. The third-order valence-electron chi connectivity index (χ3n) is 1.88. The van der Waals surface area contributed by atoms with Crippen molar-refractivity contribution in [2.24, 2.45) is 5.73 Å². The molecule has 94 valence electrons. The van der Waals surface area contributed by atoms with Crippen molar-refractivity contribution in [3.8, 4) is 5.75 Å². The summed E-state index contributed by atoms with van der Waals surface area (Å²) in [4.78, 5) is 9.72. The zero-order valence-electron chi connectivity index (χ0n) is 8.45. The molecule has 0 amide bonds. The SMILES string of the molecule is N[C@@H]([C@@H](Br)C(=O)Oc1ccccc1)C(F)(F)F. The largest absolute Gasteiger partial charge is 0.426 e. The van der Waals surface area contributed by atoms with E-state index in [1.165, 1.54) is 12.1 Å². The van der Waals surface area contributed by atoms with Crippen LogP contribution in [-0.2, 0) is 4.79 Å². The van der Waals surface area contributed by atoms with E-state index in [1.54, 1.807) is 18.2 Å². The van der Waals surface area contributed by atoms with Gasteiger partial charge in [-0.3, -0.25) is 4.79 Å². The standard InChI is InChI=1S/C10H9BrF3NO2/c11-7(8(15)10(12,13)14)9(16)17-6-4-2-1-3-5-6/h1-5,7-8H,15H2/t7-,8+/m1/s1. The molecule has 0 saturated heterocycles. The van der Waals surface area contributed by atoms with Gasteiger partial charge in [0.25, 0.3) is 0 Å². The van der Waals surface area contributed by atoms with Crippen LogP contribution in [0.5, 0.6) is 5.75 Å². The van der Waals surface area contributed by atoms with E-state index < -0.39 is 23.0 Å². The average Bonchev–Trinajstić information content (AvgIpc) is 2.27. The summed E-state index contributed by atoms with van der Waals surface area (Å²) in [5.74, 6) is -0.919. The molecular formula is C10H9BrF3NO2. The summed E-state index contributed by atoms with van der Waals surface area (Å²) in [6, 6.07) is 5.47. The molecule has 0 aliphatic rings. The third kappa shape index (κ3) is 4.01. The second kappa shape index (κ2) is 5.50. The number of esters is 1. The van der Waals surface area contributed by atoms with Gasteiger partial charge in [0, 0.05) is 0 Å². The summed E-state index contributed by atoms with van der Waals surface area (Å²) < 4.78 is 41.4. The van der Waals surface area contributed by atoms with Crippen LogP contribution in [-0.4, -0.2) is 23.0 Å². The first-order chi connectivity index (χ1) is 7.82. The molecule has 0 spiro atoms. The zero-order valence-corrected chi connectivity index (χ0v) is 10.0. The smallest absolute Gasteiger partial charge is 0.405 e. The van der Waals surface area contributed by atoms with Gasteiger partial charge in [-0.25, -0.2) is 0 Å². The number of carbonyl (C=O) groups excluding carboxylic acids is 1. The molecule has 3 nitrogen and oxygen atoms in total. The summed E-state index contributed by atoms with van der Waals surface area (Å²) in [6.45, 7) is 0. The quantitative estimate of drug-likeness (QED) is 0.529.